The van der Waals surface area contributed by atoms with E-state index < -0.39 is 0 Å². The molecule has 3 rings (SSSR count). The highest BCUT2D eigenvalue weighted by atomic mass is 16.5. The molecular formula is C24H41N5O. The van der Waals surface area contributed by atoms with Crippen LogP contribution >= 0.6 is 0 Å². The van der Waals surface area contributed by atoms with Crippen LogP contribution in [0, 0.1) is 5.92 Å². The van der Waals surface area contributed by atoms with Gasteiger partial charge in [-0.15, -0.1) is 0 Å². The third-order valence-corrected chi connectivity index (χ3v) is 6.09. The van der Waals surface area contributed by atoms with Crippen molar-refractivity contribution >= 4 is 5.96 Å². The normalized spacial score (nSPS) is 19.7. The van der Waals surface area contributed by atoms with Gasteiger partial charge in [0.25, 0.3) is 0 Å². The predicted octanol–water partition coefficient (Wildman–Crippen LogP) is 2.70. The Labute approximate surface area is 183 Å². The van der Waals surface area contributed by atoms with E-state index in [2.05, 4.69) is 58.5 Å². The van der Waals surface area contributed by atoms with Crippen LogP contribution in [0.1, 0.15) is 44.2 Å². The van der Waals surface area contributed by atoms with Crippen molar-refractivity contribution < 1.29 is 4.74 Å². The van der Waals surface area contributed by atoms with Crippen LogP contribution in [0.25, 0.3) is 0 Å². The molecule has 2 aliphatic rings. The van der Waals surface area contributed by atoms with Crippen LogP contribution in [0.5, 0.6) is 0 Å². The molecule has 2 saturated heterocycles. The number of morpholine rings is 1. The average molecular weight is 416 g/mol. The van der Waals surface area contributed by atoms with Crippen molar-refractivity contribution in [3.8, 4) is 0 Å². The fourth-order valence-corrected chi connectivity index (χ4v) is 4.15. The maximum absolute atomic E-state index is 5.45. The first-order valence-electron chi connectivity index (χ1n) is 11.9. The van der Waals surface area contributed by atoms with Crippen LogP contribution in [0.15, 0.2) is 29.3 Å². The summed E-state index contributed by atoms with van der Waals surface area (Å²) in [7, 11) is 0. The van der Waals surface area contributed by atoms with E-state index in [1.54, 1.807) is 0 Å². The minimum absolute atomic E-state index is 0.705. The first kappa shape index (κ1) is 23.0. The summed E-state index contributed by atoms with van der Waals surface area (Å²) in [5, 5.41) is 6.89. The zero-order valence-corrected chi connectivity index (χ0v) is 19.0. The fourth-order valence-electron chi connectivity index (χ4n) is 4.15. The lowest BCUT2D eigenvalue weighted by molar-refractivity contribution is 0.0342. The van der Waals surface area contributed by atoms with Gasteiger partial charge < -0.3 is 20.3 Å². The van der Waals surface area contributed by atoms with E-state index in [-0.39, 0.29) is 0 Å². The summed E-state index contributed by atoms with van der Waals surface area (Å²) in [5.74, 6) is 1.82. The van der Waals surface area contributed by atoms with Gasteiger partial charge in [0.05, 0.1) is 19.8 Å². The smallest absolute Gasteiger partial charge is 0.191 e. The quantitative estimate of drug-likeness (QED) is 0.369. The highest BCUT2D eigenvalue weighted by molar-refractivity contribution is 5.79. The molecule has 0 amide bonds. The molecule has 0 aromatic heterocycles. The standard InChI is InChI=1S/C24H41N5O/c1-3-25-24(26-10-5-11-28-12-8-21(2)9-13-28)27-19-22-6-4-7-23(18-22)20-29-14-16-30-17-15-29/h4,6-7,18,21H,3,5,8-17,19-20H2,1-2H3,(H2,25,26,27). The van der Waals surface area contributed by atoms with Crippen molar-refractivity contribution in [3.63, 3.8) is 0 Å². The van der Waals surface area contributed by atoms with Crippen LogP contribution in [-0.2, 0) is 17.8 Å². The molecule has 0 bridgehead atoms. The lowest BCUT2D eigenvalue weighted by Crippen LogP contribution is -2.39. The second-order valence-corrected chi connectivity index (χ2v) is 8.71. The Balaban J connectivity index is 1.42. The predicted molar refractivity (Wildman–Crippen MR) is 125 cm³/mol. The number of piperidine rings is 1. The number of hydrogen-bond donors (Lipinski definition) is 2. The van der Waals surface area contributed by atoms with Crippen molar-refractivity contribution in [2.45, 2.75) is 46.2 Å². The Morgan fingerprint density at radius 1 is 1.07 bits per heavy atom. The number of nitrogens with one attached hydrogen (secondary N) is 2. The average Bonchev–Trinajstić information content (AvgIpc) is 2.77. The van der Waals surface area contributed by atoms with Gasteiger partial charge in [0.15, 0.2) is 5.96 Å². The first-order chi connectivity index (χ1) is 14.7. The maximum atomic E-state index is 5.45. The van der Waals surface area contributed by atoms with Gasteiger partial charge in [0.2, 0.25) is 0 Å². The first-order valence-corrected chi connectivity index (χ1v) is 11.9. The molecule has 168 valence electrons. The van der Waals surface area contributed by atoms with Crippen LogP contribution < -0.4 is 10.6 Å². The number of hydrogen-bond acceptors (Lipinski definition) is 4. The van der Waals surface area contributed by atoms with E-state index in [0.717, 1.165) is 64.2 Å². The summed E-state index contributed by atoms with van der Waals surface area (Å²) in [4.78, 5) is 9.87. The van der Waals surface area contributed by atoms with Gasteiger partial charge in [0.1, 0.15) is 0 Å². The van der Waals surface area contributed by atoms with E-state index >= 15 is 0 Å². The summed E-state index contributed by atoms with van der Waals surface area (Å²) in [6.45, 7) is 15.5. The van der Waals surface area contributed by atoms with E-state index in [0.29, 0.717) is 6.54 Å². The van der Waals surface area contributed by atoms with E-state index in [1.165, 1.54) is 43.6 Å². The fraction of sp³-hybridized carbons (Fsp3) is 0.708. The minimum atomic E-state index is 0.705. The largest absolute Gasteiger partial charge is 0.379 e. The Kier molecular flexibility index (Phi) is 9.93. The number of aliphatic imine (C=N–C) groups is 1. The maximum Gasteiger partial charge on any atom is 0.191 e. The number of ether oxygens (including phenoxy) is 1. The van der Waals surface area contributed by atoms with Gasteiger partial charge >= 0.3 is 0 Å². The molecule has 6 nitrogen and oxygen atoms in total. The lowest BCUT2D eigenvalue weighted by atomic mass is 9.99. The van der Waals surface area contributed by atoms with Gasteiger partial charge in [0, 0.05) is 32.7 Å². The molecule has 2 aliphatic heterocycles. The topological polar surface area (TPSA) is 52.1 Å². The van der Waals surface area contributed by atoms with Crippen LogP contribution in [0.2, 0.25) is 0 Å². The van der Waals surface area contributed by atoms with Crippen molar-refractivity contribution in [1.29, 1.82) is 0 Å². The SMILES string of the molecule is CCNC(=NCc1cccc(CN2CCOCC2)c1)NCCCN1CCC(C)CC1. The molecular weight excluding hydrogens is 374 g/mol. The number of benzene rings is 1. The van der Waals surface area contributed by atoms with Gasteiger partial charge in [-0.1, -0.05) is 31.2 Å². The lowest BCUT2D eigenvalue weighted by Gasteiger charge is -2.30. The van der Waals surface area contributed by atoms with Crippen LogP contribution in [-0.4, -0.2) is 74.8 Å². The molecule has 0 aliphatic carbocycles. The molecule has 0 atom stereocenters. The number of guanidine groups is 1. The second kappa shape index (κ2) is 12.9. The molecule has 6 heteroatoms. The monoisotopic (exact) mass is 415 g/mol. The number of rotatable bonds is 9. The molecule has 0 radical (unpaired) electrons. The zero-order chi connectivity index (χ0) is 21.0. The van der Waals surface area contributed by atoms with E-state index in [4.69, 9.17) is 9.73 Å². The van der Waals surface area contributed by atoms with Crippen molar-refractivity contribution in [3.05, 3.63) is 35.4 Å². The summed E-state index contributed by atoms with van der Waals surface area (Å²) < 4.78 is 5.45. The van der Waals surface area contributed by atoms with Crippen molar-refractivity contribution in [1.82, 2.24) is 20.4 Å². The summed E-state index contributed by atoms with van der Waals surface area (Å²) >= 11 is 0. The molecule has 1 aromatic rings. The summed E-state index contributed by atoms with van der Waals surface area (Å²) in [5.41, 5.74) is 2.62. The van der Waals surface area contributed by atoms with Gasteiger partial charge in [-0.05, 0) is 62.9 Å². The zero-order valence-electron chi connectivity index (χ0n) is 19.0. The Bertz CT molecular complexity index is 636. The Morgan fingerprint density at radius 3 is 2.60 bits per heavy atom. The molecule has 0 spiro atoms. The Hall–Kier alpha value is -1.63. The number of nitrogens with zero attached hydrogens (tertiary/aromatic N) is 3. The molecule has 0 saturated carbocycles. The second-order valence-electron chi connectivity index (χ2n) is 8.71. The van der Waals surface area contributed by atoms with E-state index in [1.807, 2.05) is 0 Å². The molecule has 2 heterocycles. The van der Waals surface area contributed by atoms with Gasteiger partial charge in [-0.3, -0.25) is 4.90 Å². The molecule has 0 unspecified atom stereocenters. The van der Waals surface area contributed by atoms with Crippen LogP contribution in [0.4, 0.5) is 0 Å². The molecule has 1 aromatic carbocycles. The van der Waals surface area contributed by atoms with Gasteiger partial charge in [-0.2, -0.15) is 0 Å². The molecule has 2 fully saturated rings. The van der Waals surface area contributed by atoms with Crippen LogP contribution in [0.3, 0.4) is 0 Å². The molecule has 2 N–H and O–H groups in total. The van der Waals surface area contributed by atoms with Gasteiger partial charge in [-0.25, -0.2) is 4.99 Å². The van der Waals surface area contributed by atoms with Crippen molar-refractivity contribution in [2.24, 2.45) is 10.9 Å². The third kappa shape index (κ3) is 8.25. The highest BCUT2D eigenvalue weighted by Gasteiger charge is 2.15. The molecule has 30 heavy (non-hydrogen) atoms. The third-order valence-electron chi connectivity index (χ3n) is 6.09. The number of likely N-dealkylation sites (tertiary alicyclic amines) is 1. The Morgan fingerprint density at radius 2 is 1.83 bits per heavy atom. The minimum Gasteiger partial charge on any atom is -0.379 e. The highest BCUT2D eigenvalue weighted by Crippen LogP contribution is 2.15. The van der Waals surface area contributed by atoms with Crippen molar-refractivity contribution in [2.75, 3.05) is 59.0 Å². The summed E-state index contributed by atoms with van der Waals surface area (Å²) in [6.07, 6.45) is 3.86. The summed E-state index contributed by atoms with van der Waals surface area (Å²) in [6, 6.07) is 8.83. The van der Waals surface area contributed by atoms with E-state index in [9.17, 15) is 0 Å².